The first-order chi connectivity index (χ1) is 12.5. The van der Waals surface area contributed by atoms with Gasteiger partial charge in [-0.15, -0.1) is 11.6 Å². The fraction of sp³-hybridized carbons (Fsp3) is 0.533. The number of rotatable bonds is 6. The van der Waals surface area contributed by atoms with E-state index in [9.17, 15) is 10.2 Å². The number of hydrogen-bond acceptors (Lipinski definition) is 9. The number of aliphatic hydroxyl groups excluding tert-OH is 2. The minimum atomic E-state index is -1.19. The first-order valence-corrected chi connectivity index (χ1v) is 8.43. The fourth-order valence-corrected chi connectivity index (χ4v) is 3.35. The predicted molar refractivity (Wildman–Crippen MR) is 95.8 cm³/mol. The van der Waals surface area contributed by atoms with Gasteiger partial charge in [0, 0.05) is 11.8 Å². The quantitative estimate of drug-likeness (QED) is 0.242. The number of nitrogens with two attached hydrogens (primary N) is 1. The van der Waals surface area contributed by atoms with Crippen molar-refractivity contribution in [3.05, 3.63) is 18.1 Å². The van der Waals surface area contributed by atoms with Gasteiger partial charge in [0.05, 0.1) is 24.8 Å². The van der Waals surface area contributed by atoms with E-state index in [-0.39, 0.29) is 6.61 Å². The monoisotopic (exact) mass is 384 g/mol. The number of fused-ring (bicyclic) bond motifs is 1. The molecule has 10 nitrogen and oxygen atoms in total. The van der Waals surface area contributed by atoms with Crippen molar-refractivity contribution < 1.29 is 19.8 Å². The molecule has 0 aromatic carbocycles. The highest BCUT2D eigenvalue weighted by atomic mass is 35.5. The summed E-state index contributed by atoms with van der Waals surface area (Å²) in [6.07, 6.45) is 1.85. The lowest BCUT2D eigenvalue weighted by Crippen LogP contribution is -2.39. The molecule has 4 atom stereocenters. The molecule has 0 saturated carbocycles. The molecule has 5 N–H and O–H groups in total. The Morgan fingerprint density at radius 3 is 2.96 bits per heavy atom. The maximum atomic E-state index is 10.4. The van der Waals surface area contributed by atoms with Crippen molar-refractivity contribution in [1.29, 1.82) is 0 Å². The van der Waals surface area contributed by atoms with Gasteiger partial charge in [-0.3, -0.25) is 4.84 Å². The molecule has 2 aromatic rings. The molecule has 0 radical (unpaired) electrons. The van der Waals surface area contributed by atoms with Crippen LogP contribution in [0.4, 0.5) is 5.82 Å². The number of hydrogen-bond donors (Lipinski definition) is 4. The van der Waals surface area contributed by atoms with E-state index in [0.717, 1.165) is 0 Å². The van der Waals surface area contributed by atoms with Crippen LogP contribution < -0.4 is 11.3 Å². The van der Waals surface area contributed by atoms with E-state index < -0.39 is 23.3 Å². The first kappa shape index (κ1) is 18.8. The van der Waals surface area contributed by atoms with Gasteiger partial charge >= 0.3 is 0 Å². The molecule has 26 heavy (non-hydrogen) atoms. The minimum Gasteiger partial charge on any atom is -0.394 e. The van der Waals surface area contributed by atoms with Gasteiger partial charge in [-0.05, 0) is 13.8 Å². The van der Waals surface area contributed by atoms with Crippen LogP contribution in [-0.2, 0) is 9.57 Å². The Kier molecular flexibility index (Phi) is 5.30. The molecular weight excluding hydrogens is 364 g/mol. The van der Waals surface area contributed by atoms with Crippen LogP contribution in [0.1, 0.15) is 25.6 Å². The molecular formula is C15H21ClN6O4. The average molecular weight is 385 g/mol. The van der Waals surface area contributed by atoms with E-state index in [2.05, 4.69) is 20.5 Å². The number of ether oxygens (including phenoxy) is 1. The number of nitrogens with one attached hydrogen (secondary N) is 1. The summed E-state index contributed by atoms with van der Waals surface area (Å²) < 4.78 is 7.45. The summed E-state index contributed by atoms with van der Waals surface area (Å²) in [5.74, 6) is 5.75. The summed E-state index contributed by atoms with van der Waals surface area (Å²) in [6.45, 7) is 3.55. The maximum absolute atomic E-state index is 10.4. The molecule has 3 heterocycles. The predicted octanol–water partition coefficient (Wildman–Crippen LogP) is 0.335. The fourth-order valence-electron chi connectivity index (χ4n) is 3.05. The van der Waals surface area contributed by atoms with Crippen LogP contribution in [0.3, 0.4) is 0 Å². The number of alkyl halides is 1. The maximum Gasteiger partial charge on any atom is 0.163 e. The van der Waals surface area contributed by atoms with Crippen molar-refractivity contribution in [2.75, 3.05) is 18.7 Å². The highest BCUT2D eigenvalue weighted by Crippen LogP contribution is 2.45. The lowest BCUT2D eigenvalue weighted by molar-refractivity contribution is -0.0439. The van der Waals surface area contributed by atoms with Gasteiger partial charge in [0.15, 0.2) is 12.0 Å². The first-order valence-electron chi connectivity index (χ1n) is 8.05. The Morgan fingerprint density at radius 1 is 1.58 bits per heavy atom. The Morgan fingerprint density at radius 2 is 2.35 bits per heavy atom. The van der Waals surface area contributed by atoms with Gasteiger partial charge in [-0.1, -0.05) is 0 Å². The van der Waals surface area contributed by atoms with Crippen molar-refractivity contribution >= 4 is 34.7 Å². The molecule has 0 bridgehead atoms. The molecule has 1 aliphatic heterocycles. The topological polar surface area (TPSA) is 140 Å². The van der Waals surface area contributed by atoms with E-state index in [1.54, 1.807) is 17.7 Å². The molecule has 1 saturated heterocycles. The Hall–Kier alpha value is -1.98. The van der Waals surface area contributed by atoms with Gasteiger partial charge in [-0.25, -0.2) is 15.4 Å². The Bertz CT molecular complexity index is 811. The summed E-state index contributed by atoms with van der Waals surface area (Å²) in [6, 6.07) is 0. The van der Waals surface area contributed by atoms with Crippen LogP contribution >= 0.6 is 11.6 Å². The standard InChI is InChI=1S/C15H21ClN6O4/c1-3-25-21-12-10-8(4-20-17)5-22(13(10)19-7-18-12)14-15(2,16)11(24)9(6-23)26-14/h4-5,7,9,11,14,23-24H,3,6,17H2,1-2H3,(H,18,19,21)/b20-4+/t9?,11?,14-,15-/m1/s1. The van der Waals surface area contributed by atoms with Crippen LogP contribution in [0, 0.1) is 0 Å². The van der Waals surface area contributed by atoms with Crippen molar-refractivity contribution in [3.8, 4) is 0 Å². The van der Waals surface area contributed by atoms with E-state index in [4.69, 9.17) is 27.0 Å². The average Bonchev–Trinajstić information content (AvgIpc) is 3.09. The van der Waals surface area contributed by atoms with Crippen LogP contribution in [0.15, 0.2) is 17.6 Å². The summed E-state index contributed by atoms with van der Waals surface area (Å²) in [4.78, 5) is 12.5. The second kappa shape index (κ2) is 7.33. The highest BCUT2D eigenvalue weighted by Gasteiger charge is 2.53. The van der Waals surface area contributed by atoms with Gasteiger partial charge in [0.1, 0.15) is 29.1 Å². The largest absolute Gasteiger partial charge is 0.394 e. The molecule has 0 aliphatic carbocycles. The van der Waals surface area contributed by atoms with E-state index in [1.165, 1.54) is 12.5 Å². The lowest BCUT2D eigenvalue weighted by Gasteiger charge is -2.26. The third-order valence-electron chi connectivity index (χ3n) is 4.32. The van der Waals surface area contributed by atoms with E-state index in [0.29, 0.717) is 29.0 Å². The summed E-state index contributed by atoms with van der Waals surface area (Å²) in [7, 11) is 0. The molecule has 0 amide bonds. The van der Waals surface area contributed by atoms with E-state index in [1.807, 2.05) is 6.92 Å². The molecule has 2 unspecified atom stereocenters. The second-order valence-corrected chi connectivity index (χ2v) is 6.85. The molecule has 1 aliphatic rings. The summed E-state index contributed by atoms with van der Waals surface area (Å²) in [5, 5.41) is 24.0. The van der Waals surface area contributed by atoms with Gasteiger partial charge in [0.2, 0.25) is 0 Å². The second-order valence-electron chi connectivity index (χ2n) is 6.03. The number of hydrazone groups is 1. The Balaban J connectivity index is 2.15. The zero-order chi connectivity index (χ0) is 18.9. The molecule has 3 rings (SSSR count). The smallest absolute Gasteiger partial charge is 0.163 e. The number of anilines is 1. The van der Waals surface area contributed by atoms with Crippen molar-refractivity contribution in [1.82, 2.24) is 14.5 Å². The zero-order valence-corrected chi connectivity index (χ0v) is 15.1. The van der Waals surface area contributed by atoms with Gasteiger partial charge in [-0.2, -0.15) is 5.10 Å². The van der Waals surface area contributed by atoms with Crippen LogP contribution in [0.25, 0.3) is 11.0 Å². The third kappa shape index (κ3) is 2.99. The lowest BCUT2D eigenvalue weighted by atomic mass is 10.0. The molecule has 2 aromatic heterocycles. The normalized spacial score (nSPS) is 29.0. The van der Waals surface area contributed by atoms with Crippen molar-refractivity contribution in [2.24, 2.45) is 10.9 Å². The molecule has 1 fully saturated rings. The number of halogens is 1. The highest BCUT2D eigenvalue weighted by molar-refractivity contribution is 6.24. The van der Waals surface area contributed by atoms with E-state index >= 15 is 0 Å². The van der Waals surface area contributed by atoms with Crippen LogP contribution in [0.5, 0.6) is 0 Å². The number of aliphatic hydroxyl groups is 2. The van der Waals surface area contributed by atoms with Crippen molar-refractivity contribution in [2.45, 2.75) is 37.2 Å². The molecule has 11 heteroatoms. The summed E-state index contributed by atoms with van der Waals surface area (Å²) >= 11 is 6.55. The van der Waals surface area contributed by atoms with Crippen molar-refractivity contribution in [3.63, 3.8) is 0 Å². The number of nitrogens with zero attached hydrogens (tertiary/aromatic N) is 4. The Labute approximate surface area is 154 Å². The molecule has 142 valence electrons. The SMILES string of the molecule is CCONc1ncnc2c1c(/C=N/N)cn2[C@@H]1OC(CO)C(O)[C@@]1(C)Cl. The number of aromatic nitrogens is 3. The summed E-state index contributed by atoms with van der Waals surface area (Å²) in [5.41, 5.74) is 3.86. The minimum absolute atomic E-state index is 0.359. The zero-order valence-electron chi connectivity index (χ0n) is 14.3. The van der Waals surface area contributed by atoms with Gasteiger partial charge < -0.3 is 25.4 Å². The van der Waals surface area contributed by atoms with Crippen LogP contribution in [0.2, 0.25) is 0 Å². The molecule has 0 spiro atoms. The third-order valence-corrected chi connectivity index (χ3v) is 4.73. The van der Waals surface area contributed by atoms with Crippen LogP contribution in [-0.4, -0.2) is 61.3 Å². The van der Waals surface area contributed by atoms with Gasteiger partial charge in [0.25, 0.3) is 0 Å².